The van der Waals surface area contributed by atoms with E-state index in [1.165, 1.54) is 0 Å². The lowest BCUT2D eigenvalue weighted by atomic mass is 10.2. The van der Waals surface area contributed by atoms with Crippen molar-refractivity contribution in [2.75, 3.05) is 25.1 Å². The van der Waals surface area contributed by atoms with E-state index >= 15 is 0 Å². The lowest BCUT2D eigenvalue weighted by molar-refractivity contribution is -0.174. The highest BCUT2D eigenvalue weighted by atomic mass is 19.4. The Balaban J connectivity index is 2.44. The Hall–Kier alpha value is -1.24. The third kappa shape index (κ3) is 6.47. The van der Waals surface area contributed by atoms with Crippen molar-refractivity contribution in [2.24, 2.45) is 5.92 Å². The van der Waals surface area contributed by atoms with Gasteiger partial charge in [-0.05, 0) is 12.8 Å². The number of hydrogen-bond donors (Lipinski definition) is 1. The van der Waals surface area contributed by atoms with Crippen LogP contribution in [0.15, 0.2) is 6.20 Å². The number of ether oxygens (including phenoxy) is 1. The number of rotatable bonds is 7. The van der Waals surface area contributed by atoms with E-state index in [0.29, 0.717) is 18.4 Å². The van der Waals surface area contributed by atoms with Crippen LogP contribution in [0.1, 0.15) is 19.5 Å². The van der Waals surface area contributed by atoms with E-state index in [1.807, 2.05) is 6.92 Å². The van der Waals surface area contributed by atoms with E-state index in [1.54, 1.807) is 10.8 Å². The fraction of sp³-hybridized carbons (Fsp3) is 0.750. The Kier molecular flexibility index (Phi) is 5.65. The van der Waals surface area contributed by atoms with Crippen LogP contribution in [0.3, 0.4) is 0 Å². The van der Waals surface area contributed by atoms with Gasteiger partial charge in [0, 0.05) is 19.3 Å². The molecule has 0 unspecified atom stereocenters. The highest BCUT2D eigenvalue weighted by Crippen LogP contribution is 2.15. The van der Waals surface area contributed by atoms with E-state index < -0.39 is 12.8 Å². The van der Waals surface area contributed by atoms with E-state index in [2.05, 4.69) is 28.9 Å². The maximum atomic E-state index is 11.9. The number of aryl methyl sites for hydroxylation is 1. The summed E-state index contributed by atoms with van der Waals surface area (Å²) in [4.78, 5) is 4.28. The van der Waals surface area contributed by atoms with E-state index in [-0.39, 0.29) is 6.61 Å². The van der Waals surface area contributed by atoms with E-state index in [4.69, 9.17) is 0 Å². The van der Waals surface area contributed by atoms with Gasteiger partial charge in [-0.25, -0.2) is 4.98 Å². The first-order valence-electron chi connectivity index (χ1n) is 6.20. The minimum Gasteiger partial charge on any atom is -0.370 e. The van der Waals surface area contributed by atoms with Gasteiger partial charge in [-0.2, -0.15) is 13.2 Å². The zero-order valence-electron chi connectivity index (χ0n) is 11.4. The molecule has 0 aliphatic carbocycles. The fourth-order valence-corrected chi connectivity index (χ4v) is 1.50. The van der Waals surface area contributed by atoms with Crippen molar-refractivity contribution >= 4 is 5.95 Å². The first kappa shape index (κ1) is 15.8. The maximum absolute atomic E-state index is 11.9. The van der Waals surface area contributed by atoms with Crippen molar-refractivity contribution in [1.82, 2.24) is 9.55 Å². The molecule has 1 aromatic heterocycles. The molecule has 0 atom stereocenters. The first-order chi connectivity index (χ1) is 8.78. The summed E-state index contributed by atoms with van der Waals surface area (Å²) in [5, 5.41) is 3.16. The zero-order valence-corrected chi connectivity index (χ0v) is 11.4. The average Bonchev–Trinajstić information content (AvgIpc) is 2.61. The number of hydrogen-bond acceptors (Lipinski definition) is 3. The molecule has 1 aromatic rings. The van der Waals surface area contributed by atoms with Crippen LogP contribution in [-0.4, -0.2) is 35.5 Å². The summed E-state index contributed by atoms with van der Waals surface area (Å²) in [7, 11) is 0. The van der Waals surface area contributed by atoms with E-state index in [0.717, 1.165) is 12.2 Å². The Morgan fingerprint density at radius 3 is 2.68 bits per heavy atom. The largest absolute Gasteiger partial charge is 0.411 e. The normalized spacial score (nSPS) is 12.2. The molecule has 0 aliphatic heterocycles. The molecule has 0 saturated heterocycles. The van der Waals surface area contributed by atoms with Crippen LogP contribution in [0.25, 0.3) is 0 Å². The van der Waals surface area contributed by atoms with Crippen molar-refractivity contribution < 1.29 is 17.9 Å². The maximum Gasteiger partial charge on any atom is 0.411 e. The second kappa shape index (κ2) is 6.79. The molecular formula is C12H20F3N3O. The summed E-state index contributed by atoms with van der Waals surface area (Å²) in [6.45, 7) is 5.88. The highest BCUT2D eigenvalue weighted by Gasteiger charge is 2.27. The van der Waals surface area contributed by atoms with Crippen LogP contribution in [-0.2, 0) is 11.3 Å². The molecule has 0 aromatic carbocycles. The summed E-state index contributed by atoms with van der Waals surface area (Å²) >= 11 is 0. The van der Waals surface area contributed by atoms with Crippen molar-refractivity contribution in [3.63, 3.8) is 0 Å². The van der Waals surface area contributed by atoms with Gasteiger partial charge < -0.3 is 14.6 Å². The molecule has 0 amide bonds. The number of nitrogens with one attached hydrogen (secondary N) is 1. The van der Waals surface area contributed by atoms with Crippen molar-refractivity contribution in [2.45, 2.75) is 33.5 Å². The fourth-order valence-electron chi connectivity index (χ4n) is 1.50. The smallest absolute Gasteiger partial charge is 0.370 e. The first-order valence-corrected chi connectivity index (χ1v) is 6.20. The molecule has 1 heterocycles. The van der Waals surface area contributed by atoms with Gasteiger partial charge in [-0.1, -0.05) is 13.8 Å². The summed E-state index contributed by atoms with van der Waals surface area (Å²) in [5.41, 5.74) is 0.821. The second-order valence-corrected chi connectivity index (χ2v) is 4.84. The van der Waals surface area contributed by atoms with Crippen LogP contribution >= 0.6 is 0 Å². The molecule has 1 rings (SSSR count). The predicted octanol–water partition coefficient (Wildman–Crippen LogP) is 2.84. The molecule has 19 heavy (non-hydrogen) atoms. The third-order valence-corrected chi connectivity index (χ3v) is 2.31. The Morgan fingerprint density at radius 1 is 1.42 bits per heavy atom. The molecular weight excluding hydrogens is 259 g/mol. The van der Waals surface area contributed by atoms with Crippen LogP contribution in [0.5, 0.6) is 0 Å². The van der Waals surface area contributed by atoms with Crippen molar-refractivity contribution in [3.05, 3.63) is 11.9 Å². The van der Waals surface area contributed by atoms with Gasteiger partial charge in [0.2, 0.25) is 5.95 Å². The number of nitrogens with zero attached hydrogens (tertiary/aromatic N) is 2. The molecule has 0 bridgehead atoms. The van der Waals surface area contributed by atoms with Gasteiger partial charge >= 0.3 is 6.18 Å². The second-order valence-electron chi connectivity index (χ2n) is 4.84. The molecule has 110 valence electrons. The minimum atomic E-state index is -4.27. The Morgan fingerprint density at radius 2 is 2.11 bits per heavy atom. The van der Waals surface area contributed by atoms with Gasteiger partial charge in [0.05, 0.1) is 12.3 Å². The van der Waals surface area contributed by atoms with Crippen LogP contribution in [0.2, 0.25) is 0 Å². The van der Waals surface area contributed by atoms with Gasteiger partial charge in [-0.15, -0.1) is 0 Å². The number of aromatic nitrogens is 2. The average molecular weight is 279 g/mol. The predicted molar refractivity (Wildman–Crippen MR) is 67.2 cm³/mol. The van der Waals surface area contributed by atoms with Crippen molar-refractivity contribution in [3.8, 4) is 0 Å². The Bertz CT molecular complexity index is 388. The summed E-state index contributed by atoms with van der Waals surface area (Å²) in [5.74, 6) is 1.13. The lowest BCUT2D eigenvalue weighted by Crippen LogP contribution is -2.19. The molecule has 0 fully saturated rings. The molecule has 0 saturated carbocycles. The van der Waals surface area contributed by atoms with Gasteiger partial charge in [-0.3, -0.25) is 0 Å². The van der Waals surface area contributed by atoms with E-state index in [9.17, 15) is 13.2 Å². The third-order valence-electron chi connectivity index (χ3n) is 2.31. The van der Waals surface area contributed by atoms with Gasteiger partial charge in [0.25, 0.3) is 0 Å². The molecule has 1 N–H and O–H groups in total. The summed E-state index contributed by atoms with van der Waals surface area (Å²) in [6, 6.07) is 0. The van der Waals surface area contributed by atoms with Crippen molar-refractivity contribution in [1.29, 1.82) is 0 Å². The van der Waals surface area contributed by atoms with Gasteiger partial charge in [0.1, 0.15) is 6.61 Å². The standard InChI is InChI=1S/C12H20F3N3O/c1-9(2)6-16-11-17-10(3)7-18(11)4-5-19-8-12(13,14)15/h7,9H,4-6,8H2,1-3H3,(H,16,17). The minimum absolute atomic E-state index is 0.00562. The number of anilines is 1. The summed E-state index contributed by atoms with van der Waals surface area (Å²) < 4.78 is 42.1. The quantitative estimate of drug-likeness (QED) is 0.780. The molecule has 7 heteroatoms. The summed E-state index contributed by atoms with van der Waals surface area (Å²) in [6.07, 6.45) is -2.48. The van der Waals surface area contributed by atoms with Crippen LogP contribution in [0, 0.1) is 12.8 Å². The molecule has 0 spiro atoms. The van der Waals surface area contributed by atoms with Crippen LogP contribution in [0.4, 0.5) is 19.1 Å². The molecule has 0 aliphatic rings. The number of alkyl halides is 3. The highest BCUT2D eigenvalue weighted by molar-refractivity contribution is 5.28. The monoisotopic (exact) mass is 279 g/mol. The topological polar surface area (TPSA) is 39.1 Å². The van der Waals surface area contributed by atoms with Crippen LogP contribution < -0.4 is 5.32 Å². The zero-order chi connectivity index (χ0) is 14.5. The van der Waals surface area contributed by atoms with Gasteiger partial charge in [0.15, 0.2) is 0 Å². The number of imidazole rings is 1. The molecule has 0 radical (unpaired) electrons. The lowest BCUT2D eigenvalue weighted by Gasteiger charge is -2.12. The molecule has 4 nitrogen and oxygen atoms in total. The SMILES string of the molecule is Cc1cn(CCOCC(F)(F)F)c(NCC(C)C)n1. The number of halogens is 3. The Labute approximate surface area is 111 Å².